The molecule has 0 saturated carbocycles. The van der Waals surface area contributed by atoms with Crippen LogP contribution in [0.2, 0.25) is 0 Å². The molecule has 0 aromatic rings. The minimum absolute atomic E-state index is 0.166. The fraction of sp³-hybridized carbons (Fsp3) is 0.750. The highest BCUT2D eigenvalue weighted by Crippen LogP contribution is 1.82. The molecule has 0 aliphatic rings. The largest absolute Gasteiger partial charge is 0.300 e. The van der Waals surface area contributed by atoms with Crippen LogP contribution in [-0.2, 0) is 4.79 Å². The highest BCUT2D eigenvalue weighted by Gasteiger charge is 1.84. The molecule has 0 amide bonds. The summed E-state index contributed by atoms with van der Waals surface area (Å²) in [5.41, 5.74) is 0. The third-order valence-corrected chi connectivity index (χ3v) is 0.658. The van der Waals surface area contributed by atoms with E-state index in [0.717, 1.165) is 12.5 Å². The van der Waals surface area contributed by atoms with Gasteiger partial charge in [0.15, 0.2) is 0 Å². The summed E-state index contributed by atoms with van der Waals surface area (Å²) in [5.74, 6) is 0.801. The summed E-state index contributed by atoms with van der Waals surface area (Å²) in [6, 6.07) is 0. The van der Waals surface area contributed by atoms with E-state index in [-0.39, 0.29) is 5.78 Å². The molecule has 0 radical (unpaired) electrons. The second-order valence-electron chi connectivity index (χ2n) is 1.16. The molecule has 0 saturated heterocycles. The molecule has 0 aromatic carbocycles. The third-order valence-electron chi connectivity index (χ3n) is 0.454. The maximum absolute atomic E-state index is 10.1. The van der Waals surface area contributed by atoms with Gasteiger partial charge in [-0.3, -0.25) is 4.79 Å². The van der Waals surface area contributed by atoms with Gasteiger partial charge in [0.2, 0.25) is 0 Å². The Labute approximate surface area is 44.2 Å². The molecule has 0 spiro atoms. The lowest BCUT2D eigenvalue weighted by Crippen LogP contribution is -1.87. The number of Topliss-reactive ketones (excluding diaryl/α,β-unsaturated/α-hetero) is 1. The molecule has 0 N–H and O–H groups in total. The molecule has 2 heteroatoms. The van der Waals surface area contributed by atoms with Crippen LogP contribution in [0.1, 0.15) is 13.3 Å². The van der Waals surface area contributed by atoms with Gasteiger partial charge in [-0.15, -0.1) is 0 Å². The van der Waals surface area contributed by atoms with Gasteiger partial charge in [-0.2, -0.15) is 12.5 Å². The first-order chi connectivity index (χ1) is 3.27. The van der Waals surface area contributed by atoms with Crippen molar-refractivity contribution < 1.29 is 4.79 Å². The molecule has 0 aliphatic heterocycles. The molecule has 1 nitrogen and oxygen atoms in total. The van der Waals surface area contributed by atoms with Crippen molar-refractivity contribution >= 4 is 18.3 Å². The summed E-state index contributed by atoms with van der Waals surface area (Å²) >= 11 is 0.959. The van der Waals surface area contributed by atoms with Gasteiger partial charge in [-0.1, -0.05) is 0 Å². The molecular weight excluding hydrogens is 96.1 g/mol. The monoisotopic (exact) mass is 106 g/mol. The van der Waals surface area contributed by atoms with Crippen molar-refractivity contribution in [2.24, 2.45) is 0 Å². The molecular formula is C4H8OS. The molecule has 0 rings (SSSR count). The molecule has 0 aliphatic carbocycles. The predicted molar refractivity (Wildman–Crippen MR) is 29.2 cm³/mol. The van der Waals surface area contributed by atoms with Crippen LogP contribution in [-0.4, -0.2) is 12.7 Å². The first-order valence-electron chi connectivity index (χ1n) is 2.25. The van der Waals surface area contributed by atoms with Crippen LogP contribution in [0.15, 0.2) is 0 Å². The standard InChI is InChI=1S/C4H8OS/c1-4(5)2-3-6/h6H,2-3H2,1H3/i/hT. The first kappa shape index (κ1) is 4.19. The lowest BCUT2D eigenvalue weighted by Gasteiger charge is -1.80. The Balaban J connectivity index is 2.82. The van der Waals surface area contributed by atoms with Crippen molar-refractivity contribution in [2.75, 3.05) is 5.75 Å². The van der Waals surface area contributed by atoms with E-state index >= 15 is 0 Å². The Hall–Kier alpha value is 0.0200. The summed E-state index contributed by atoms with van der Waals surface area (Å²) in [6.45, 7) is 1.54. The van der Waals surface area contributed by atoms with Crippen molar-refractivity contribution in [1.29, 1.82) is 1.12 Å². The van der Waals surface area contributed by atoms with Crippen LogP contribution in [0.25, 0.3) is 0 Å². The molecule has 6 heavy (non-hydrogen) atoms. The number of thiol groups is 1. The maximum Gasteiger partial charge on any atom is 0.130 e. The van der Waals surface area contributed by atoms with E-state index in [4.69, 9.17) is 1.12 Å². The van der Waals surface area contributed by atoms with Gasteiger partial charge in [-0.05, 0) is 12.7 Å². The molecule has 0 unspecified atom stereocenters. The summed E-state index contributed by atoms with van der Waals surface area (Å²) in [4.78, 5) is 10.1. The van der Waals surface area contributed by atoms with Gasteiger partial charge >= 0.3 is 0 Å². The van der Waals surface area contributed by atoms with Gasteiger partial charge in [0.1, 0.15) is 6.91 Å². The molecule has 0 heterocycles. The number of hydrogen-bond donors (Lipinski definition) is 1. The summed E-state index contributed by atoms with van der Waals surface area (Å²) < 4.78 is 6.56. The van der Waals surface area contributed by atoms with Gasteiger partial charge < -0.3 is 0 Å². The summed E-state index contributed by atoms with van der Waals surface area (Å²) in [5, 5.41) is 0. The molecule has 0 bridgehead atoms. The summed E-state index contributed by atoms with van der Waals surface area (Å²) in [6.07, 6.45) is 0.536. The second kappa shape index (κ2) is 3.22. The Morgan fingerprint density at radius 3 is 3.00 bits per heavy atom. The fourth-order valence-corrected chi connectivity index (χ4v) is 0.431. The Kier molecular flexibility index (Phi) is 2.25. The zero-order valence-electron chi connectivity index (χ0n) is 4.73. The minimum atomic E-state index is 0.166. The average Bonchev–Trinajstić information content (AvgIpc) is 1.61. The Morgan fingerprint density at radius 1 is 2.17 bits per heavy atom. The van der Waals surface area contributed by atoms with E-state index in [0.29, 0.717) is 12.2 Å². The van der Waals surface area contributed by atoms with Crippen LogP contribution in [0.5, 0.6) is 0 Å². The topological polar surface area (TPSA) is 17.1 Å². The molecule has 0 aromatic heterocycles. The number of ketones is 1. The van der Waals surface area contributed by atoms with Crippen molar-refractivity contribution in [2.45, 2.75) is 13.3 Å². The first-order valence-corrected chi connectivity index (χ1v) is 2.42. The second-order valence-corrected chi connectivity index (χ2v) is 1.56. The minimum Gasteiger partial charge on any atom is -0.300 e. The number of rotatable bonds is 3. The van der Waals surface area contributed by atoms with E-state index in [1.54, 1.807) is 0 Å². The SMILES string of the molecule is [3H]SCCC(C)=O. The van der Waals surface area contributed by atoms with Crippen LogP contribution in [0.3, 0.4) is 0 Å². The Bertz CT molecular complexity index is 64.7. The number of hydrogen-bond acceptors (Lipinski definition) is 2. The van der Waals surface area contributed by atoms with Crippen LogP contribution in [0, 0.1) is 0 Å². The highest BCUT2D eigenvalue weighted by atomic mass is 32.1. The van der Waals surface area contributed by atoms with Gasteiger partial charge in [0.05, 0.1) is 0 Å². The number of carbonyl (C=O) groups excluding carboxylic acids is 1. The molecule has 36 valence electrons. The average molecular weight is 106 g/mol. The van der Waals surface area contributed by atoms with Crippen molar-refractivity contribution in [3.8, 4) is 0 Å². The zero-order valence-corrected chi connectivity index (χ0v) is 4.55. The molecule has 0 atom stereocenters. The van der Waals surface area contributed by atoms with E-state index in [2.05, 4.69) is 0 Å². The van der Waals surface area contributed by atoms with E-state index < -0.39 is 0 Å². The van der Waals surface area contributed by atoms with Crippen molar-refractivity contribution in [1.82, 2.24) is 0 Å². The van der Waals surface area contributed by atoms with Crippen LogP contribution < -0.4 is 0 Å². The van der Waals surface area contributed by atoms with E-state index in [1.165, 1.54) is 6.92 Å². The predicted octanol–water partition coefficient (Wildman–Crippen LogP) is 0.895. The van der Waals surface area contributed by atoms with Crippen LogP contribution in [0.4, 0.5) is 0 Å². The van der Waals surface area contributed by atoms with Crippen LogP contribution >= 0.6 is 12.5 Å². The molecule has 0 fully saturated rings. The highest BCUT2D eigenvalue weighted by molar-refractivity contribution is 7.80. The van der Waals surface area contributed by atoms with E-state index in [1.807, 2.05) is 0 Å². The fourth-order valence-electron chi connectivity index (χ4n) is 0.144. The van der Waals surface area contributed by atoms with Gasteiger partial charge in [-0.25, -0.2) is 0 Å². The van der Waals surface area contributed by atoms with E-state index in [9.17, 15) is 4.79 Å². The quantitative estimate of drug-likeness (QED) is 0.529. The van der Waals surface area contributed by atoms with Gasteiger partial charge in [0.25, 0.3) is 0 Å². The number of carbonyl (C=O) groups is 1. The van der Waals surface area contributed by atoms with Crippen molar-refractivity contribution in [3.05, 3.63) is 0 Å². The maximum atomic E-state index is 10.1. The Morgan fingerprint density at radius 2 is 2.83 bits per heavy atom. The summed E-state index contributed by atoms with van der Waals surface area (Å²) in [7, 11) is 0. The van der Waals surface area contributed by atoms with Gasteiger partial charge in [0, 0.05) is 6.42 Å². The third kappa shape index (κ3) is 4.02. The zero-order chi connectivity index (χ0) is 5.70. The van der Waals surface area contributed by atoms with Crippen molar-refractivity contribution in [3.63, 3.8) is 0 Å². The smallest absolute Gasteiger partial charge is 0.130 e. The lowest BCUT2D eigenvalue weighted by atomic mass is 10.4. The lowest BCUT2D eigenvalue weighted by molar-refractivity contribution is -0.116. The normalized spacial score (nSPS) is 10.5.